The van der Waals surface area contributed by atoms with E-state index in [1.165, 1.54) is 5.69 Å². The predicted molar refractivity (Wildman–Crippen MR) is 125 cm³/mol. The molecule has 3 N–H and O–H groups in total. The molecule has 1 aliphatic rings. The van der Waals surface area contributed by atoms with Gasteiger partial charge in [0.25, 0.3) is 0 Å². The van der Waals surface area contributed by atoms with Crippen LogP contribution in [0, 0.1) is 0 Å². The van der Waals surface area contributed by atoms with Crippen LogP contribution < -0.4 is 30.3 Å². The summed E-state index contributed by atoms with van der Waals surface area (Å²) in [6.45, 7) is 5.95. The maximum absolute atomic E-state index is 6.47. The number of nitrogens with two attached hydrogens (primary N) is 1. The second kappa shape index (κ2) is 9.42. The Balaban J connectivity index is 1.46. The van der Waals surface area contributed by atoms with Crippen LogP contribution in [-0.4, -0.2) is 49.9 Å². The van der Waals surface area contributed by atoms with Gasteiger partial charge in [0.1, 0.15) is 23.5 Å². The van der Waals surface area contributed by atoms with E-state index in [4.69, 9.17) is 15.2 Å². The molecule has 4 rings (SSSR count). The van der Waals surface area contributed by atoms with Crippen molar-refractivity contribution in [3.05, 3.63) is 54.9 Å². The summed E-state index contributed by atoms with van der Waals surface area (Å²) in [5.41, 5.74) is 9.01. The minimum atomic E-state index is 0.534. The molecular weight excluding hydrogens is 392 g/mol. The maximum Gasteiger partial charge on any atom is 0.159 e. The van der Waals surface area contributed by atoms with Gasteiger partial charge in [0, 0.05) is 31.9 Å². The minimum Gasteiger partial charge on any atom is -0.497 e. The highest BCUT2D eigenvalue weighted by Crippen LogP contribution is 2.33. The van der Waals surface area contributed by atoms with E-state index >= 15 is 0 Å². The highest BCUT2D eigenvalue weighted by Gasteiger charge is 2.22. The maximum atomic E-state index is 6.47. The Morgan fingerprint density at radius 3 is 2.39 bits per heavy atom. The predicted octanol–water partition coefficient (Wildman–Crippen LogP) is 3.54. The number of nitrogens with zero attached hydrogens (tertiary/aromatic N) is 4. The van der Waals surface area contributed by atoms with Gasteiger partial charge in [-0.25, -0.2) is 9.97 Å². The average Bonchev–Trinajstić information content (AvgIpc) is 2.82. The number of methoxy groups -OCH3 is 1. The molecule has 0 unspecified atom stereocenters. The van der Waals surface area contributed by atoms with E-state index in [1.54, 1.807) is 13.4 Å². The monoisotopic (exact) mass is 420 g/mol. The van der Waals surface area contributed by atoms with E-state index < -0.39 is 0 Å². The van der Waals surface area contributed by atoms with Crippen LogP contribution in [0.1, 0.15) is 6.92 Å². The first-order valence-electron chi connectivity index (χ1n) is 10.4. The Morgan fingerprint density at radius 1 is 0.968 bits per heavy atom. The Bertz CT molecular complexity index is 1000. The van der Waals surface area contributed by atoms with Crippen LogP contribution in [0.5, 0.6) is 11.5 Å². The zero-order chi connectivity index (χ0) is 21.6. The number of nitrogens with one attached hydrogen (secondary N) is 1. The Labute approximate surface area is 182 Å². The molecule has 31 heavy (non-hydrogen) atoms. The number of hydrogen-bond acceptors (Lipinski definition) is 8. The van der Waals surface area contributed by atoms with Crippen molar-refractivity contribution in [3.8, 4) is 11.5 Å². The molecule has 1 aliphatic heterocycles. The number of benzene rings is 2. The van der Waals surface area contributed by atoms with E-state index in [-0.39, 0.29) is 0 Å². The third-order valence-electron chi connectivity index (χ3n) is 5.32. The fourth-order valence-corrected chi connectivity index (χ4v) is 3.69. The van der Waals surface area contributed by atoms with Gasteiger partial charge in [-0.1, -0.05) is 12.1 Å². The number of anilines is 5. The third kappa shape index (κ3) is 4.58. The number of aromatic nitrogens is 2. The summed E-state index contributed by atoms with van der Waals surface area (Å²) in [5, 5.41) is 3.30. The summed E-state index contributed by atoms with van der Waals surface area (Å²) in [6.07, 6.45) is 1.55. The second-order valence-corrected chi connectivity index (χ2v) is 7.19. The first kappa shape index (κ1) is 20.6. The molecule has 1 aromatic heterocycles. The largest absolute Gasteiger partial charge is 0.497 e. The SMILES string of the molecule is CCOc1ccccc1Nc1ncnc(N2CCN(c3ccc(OC)cc3)CC2)c1N. The Hall–Kier alpha value is -3.68. The molecule has 0 spiro atoms. The highest BCUT2D eigenvalue weighted by atomic mass is 16.5. The van der Waals surface area contributed by atoms with Gasteiger partial charge in [0.05, 0.1) is 19.4 Å². The lowest BCUT2D eigenvalue weighted by Crippen LogP contribution is -2.47. The van der Waals surface area contributed by atoms with Gasteiger partial charge >= 0.3 is 0 Å². The molecule has 0 saturated carbocycles. The van der Waals surface area contributed by atoms with Crippen molar-refractivity contribution in [2.24, 2.45) is 0 Å². The van der Waals surface area contributed by atoms with Crippen molar-refractivity contribution in [1.29, 1.82) is 0 Å². The molecule has 0 aliphatic carbocycles. The van der Waals surface area contributed by atoms with Crippen LogP contribution in [0.25, 0.3) is 0 Å². The van der Waals surface area contributed by atoms with E-state index in [1.807, 2.05) is 43.3 Å². The van der Waals surface area contributed by atoms with Crippen molar-refractivity contribution in [2.45, 2.75) is 6.92 Å². The third-order valence-corrected chi connectivity index (χ3v) is 5.32. The van der Waals surface area contributed by atoms with E-state index in [2.05, 4.69) is 37.2 Å². The molecule has 0 radical (unpaired) electrons. The molecular formula is C23H28N6O2. The van der Waals surface area contributed by atoms with E-state index in [9.17, 15) is 0 Å². The molecule has 3 aromatic rings. The first-order chi connectivity index (χ1) is 15.2. The molecule has 0 amide bonds. The summed E-state index contributed by atoms with van der Waals surface area (Å²) in [5.74, 6) is 2.95. The smallest absolute Gasteiger partial charge is 0.159 e. The van der Waals surface area contributed by atoms with Gasteiger partial charge in [-0.3, -0.25) is 0 Å². The van der Waals surface area contributed by atoms with Gasteiger partial charge in [0.15, 0.2) is 11.6 Å². The van der Waals surface area contributed by atoms with E-state index in [0.29, 0.717) is 18.1 Å². The van der Waals surface area contributed by atoms with Gasteiger partial charge in [-0.15, -0.1) is 0 Å². The average molecular weight is 421 g/mol. The van der Waals surface area contributed by atoms with Gasteiger partial charge in [-0.05, 0) is 43.3 Å². The lowest BCUT2D eigenvalue weighted by molar-refractivity contribution is 0.342. The minimum absolute atomic E-state index is 0.534. The fourth-order valence-electron chi connectivity index (χ4n) is 3.69. The normalized spacial score (nSPS) is 13.7. The number of rotatable bonds is 7. The summed E-state index contributed by atoms with van der Waals surface area (Å²) >= 11 is 0. The number of para-hydroxylation sites is 2. The molecule has 1 fully saturated rings. The summed E-state index contributed by atoms with van der Waals surface area (Å²) in [6, 6.07) is 15.9. The Morgan fingerprint density at radius 2 is 1.68 bits per heavy atom. The van der Waals surface area contributed by atoms with Crippen LogP contribution in [0.2, 0.25) is 0 Å². The molecule has 0 bridgehead atoms. The molecule has 1 saturated heterocycles. The molecule has 8 nitrogen and oxygen atoms in total. The van der Waals surface area contributed by atoms with Gasteiger partial charge < -0.3 is 30.3 Å². The first-order valence-corrected chi connectivity index (χ1v) is 10.4. The summed E-state index contributed by atoms with van der Waals surface area (Å²) < 4.78 is 10.9. The molecule has 0 atom stereocenters. The fraction of sp³-hybridized carbons (Fsp3) is 0.304. The molecule has 2 heterocycles. The molecule has 2 aromatic carbocycles. The number of hydrogen-bond donors (Lipinski definition) is 2. The Kier molecular flexibility index (Phi) is 6.26. The van der Waals surface area contributed by atoms with Crippen molar-refractivity contribution in [2.75, 3.05) is 60.7 Å². The topological polar surface area (TPSA) is 88.8 Å². The number of piperazine rings is 1. The van der Waals surface area contributed by atoms with Gasteiger partial charge in [0.2, 0.25) is 0 Å². The van der Waals surface area contributed by atoms with Crippen LogP contribution >= 0.6 is 0 Å². The quantitative estimate of drug-likeness (QED) is 0.600. The summed E-state index contributed by atoms with van der Waals surface area (Å²) in [7, 11) is 1.68. The zero-order valence-electron chi connectivity index (χ0n) is 17.9. The van der Waals surface area contributed by atoms with Crippen LogP contribution in [0.3, 0.4) is 0 Å². The van der Waals surface area contributed by atoms with Crippen molar-refractivity contribution >= 4 is 28.7 Å². The standard InChI is InChI=1S/C23H28N6O2/c1-3-31-20-7-5-4-6-19(20)27-22-21(24)23(26-16-25-22)29-14-12-28(13-15-29)17-8-10-18(30-2)11-9-17/h4-11,16H,3,12-15,24H2,1-2H3,(H,25,26,27). The van der Waals surface area contributed by atoms with Crippen LogP contribution in [0.15, 0.2) is 54.9 Å². The van der Waals surface area contributed by atoms with Crippen LogP contribution in [0.4, 0.5) is 28.7 Å². The van der Waals surface area contributed by atoms with Crippen LogP contribution in [-0.2, 0) is 0 Å². The second-order valence-electron chi connectivity index (χ2n) is 7.19. The lowest BCUT2D eigenvalue weighted by atomic mass is 10.2. The van der Waals surface area contributed by atoms with E-state index in [0.717, 1.165) is 49.2 Å². The molecule has 162 valence electrons. The zero-order valence-corrected chi connectivity index (χ0v) is 17.9. The lowest BCUT2D eigenvalue weighted by Gasteiger charge is -2.37. The molecule has 8 heteroatoms. The van der Waals surface area contributed by atoms with Gasteiger partial charge in [-0.2, -0.15) is 0 Å². The summed E-state index contributed by atoms with van der Waals surface area (Å²) in [4.78, 5) is 13.4. The van der Waals surface area contributed by atoms with Crippen molar-refractivity contribution in [3.63, 3.8) is 0 Å². The number of nitrogen functional groups attached to an aromatic ring is 1. The highest BCUT2D eigenvalue weighted by molar-refractivity contribution is 5.79. The van der Waals surface area contributed by atoms with Crippen molar-refractivity contribution < 1.29 is 9.47 Å². The van der Waals surface area contributed by atoms with Crippen molar-refractivity contribution in [1.82, 2.24) is 9.97 Å². The number of ether oxygens (including phenoxy) is 2.